The Bertz CT molecular complexity index is 1420. The maximum absolute atomic E-state index is 13.3. The molecule has 0 aliphatic rings. The fourth-order valence-electron chi connectivity index (χ4n) is 3.90. The quantitative estimate of drug-likeness (QED) is 0.187. The van der Waals surface area contributed by atoms with E-state index in [1.54, 1.807) is 34.7 Å². The van der Waals surface area contributed by atoms with E-state index in [-0.39, 0.29) is 0 Å². The van der Waals surface area contributed by atoms with Gasteiger partial charge in [-0.3, -0.25) is 0 Å². The Morgan fingerprint density at radius 2 is 1.10 bits per heavy atom. The van der Waals surface area contributed by atoms with Gasteiger partial charge in [-0.15, -0.1) is 0 Å². The summed E-state index contributed by atoms with van der Waals surface area (Å²) in [6.45, 7) is 0. The predicted octanol–water partition coefficient (Wildman–Crippen LogP) is 7.44. The number of benzene rings is 3. The van der Waals surface area contributed by atoms with Crippen LogP contribution in [-0.2, 0) is 12.4 Å². The minimum atomic E-state index is -4.53. The van der Waals surface area contributed by atoms with Gasteiger partial charge < -0.3 is 4.40 Å². The maximum Gasteiger partial charge on any atom is 0.416 e. The molecule has 0 atom stereocenters. The highest BCUT2D eigenvalue weighted by atomic mass is 19.4. The van der Waals surface area contributed by atoms with E-state index < -0.39 is 23.5 Å². The van der Waals surface area contributed by atoms with Crippen LogP contribution in [0.2, 0.25) is 0 Å². The highest BCUT2D eigenvalue weighted by molar-refractivity contribution is 6.15. The van der Waals surface area contributed by atoms with Crippen LogP contribution >= 0.6 is 0 Å². The van der Waals surface area contributed by atoms with E-state index in [9.17, 15) is 26.3 Å². The van der Waals surface area contributed by atoms with E-state index in [1.807, 2.05) is 0 Å². The monoisotopic (exact) mass is 403 g/mol. The molecule has 2 aromatic heterocycles. The van der Waals surface area contributed by atoms with Crippen molar-refractivity contribution in [3.05, 3.63) is 77.9 Å². The molecule has 0 fully saturated rings. The maximum atomic E-state index is 13.3. The first-order valence-corrected chi connectivity index (χ1v) is 8.69. The van der Waals surface area contributed by atoms with Crippen molar-refractivity contribution < 1.29 is 26.3 Å². The number of hydrogen-bond donors (Lipinski definition) is 0. The van der Waals surface area contributed by atoms with Crippen molar-refractivity contribution in [2.75, 3.05) is 0 Å². The molecule has 7 heteroatoms. The van der Waals surface area contributed by atoms with Gasteiger partial charge in [-0.1, -0.05) is 30.3 Å². The van der Waals surface area contributed by atoms with Gasteiger partial charge in [-0.25, -0.2) is 0 Å². The van der Waals surface area contributed by atoms with Gasteiger partial charge in [0.25, 0.3) is 0 Å². The fraction of sp³-hybridized carbons (Fsp3) is 0.0909. The number of nitrogens with zero attached hydrogens (tertiary/aromatic N) is 1. The molecular formula is C22H11F6N. The van der Waals surface area contributed by atoms with Crippen LogP contribution in [0.5, 0.6) is 0 Å². The number of hydrogen-bond acceptors (Lipinski definition) is 0. The zero-order valence-corrected chi connectivity index (χ0v) is 14.6. The molecule has 0 aliphatic heterocycles. The summed E-state index contributed by atoms with van der Waals surface area (Å²) in [5, 5.41) is 1.99. The molecule has 5 rings (SSSR count). The number of rotatable bonds is 0. The van der Waals surface area contributed by atoms with Crippen LogP contribution in [0.4, 0.5) is 26.3 Å². The first-order chi connectivity index (χ1) is 13.6. The Morgan fingerprint density at radius 1 is 0.517 bits per heavy atom. The van der Waals surface area contributed by atoms with Gasteiger partial charge in [0.1, 0.15) is 0 Å². The average Bonchev–Trinajstić information content (AvgIpc) is 3.06. The summed E-state index contributed by atoms with van der Waals surface area (Å²) in [4.78, 5) is 0. The SMILES string of the molecule is FC(F)(F)c1ccc2c3ccc(C(F)(F)F)cc3n3c4ccccc4cc3c2c1. The van der Waals surface area contributed by atoms with Crippen molar-refractivity contribution in [1.82, 2.24) is 4.40 Å². The van der Waals surface area contributed by atoms with Crippen molar-refractivity contribution in [3.8, 4) is 0 Å². The van der Waals surface area contributed by atoms with Crippen molar-refractivity contribution in [1.29, 1.82) is 0 Å². The van der Waals surface area contributed by atoms with Crippen molar-refractivity contribution in [3.63, 3.8) is 0 Å². The van der Waals surface area contributed by atoms with Crippen LogP contribution in [-0.4, -0.2) is 4.40 Å². The third-order valence-corrected chi connectivity index (χ3v) is 5.19. The summed E-state index contributed by atoms with van der Waals surface area (Å²) in [6, 6.07) is 15.4. The Kier molecular flexibility index (Phi) is 3.48. The molecule has 1 nitrogen and oxygen atoms in total. The van der Waals surface area contributed by atoms with E-state index in [1.165, 1.54) is 12.1 Å². The minimum Gasteiger partial charge on any atom is -0.309 e. The molecule has 0 amide bonds. The molecule has 146 valence electrons. The predicted molar refractivity (Wildman–Crippen MR) is 99.9 cm³/mol. The smallest absolute Gasteiger partial charge is 0.309 e. The van der Waals surface area contributed by atoms with Crippen molar-refractivity contribution in [2.45, 2.75) is 12.4 Å². The molecule has 0 bridgehead atoms. The van der Waals surface area contributed by atoms with Gasteiger partial charge in [-0.05, 0) is 41.8 Å². The van der Waals surface area contributed by atoms with Gasteiger partial charge in [0.2, 0.25) is 0 Å². The number of alkyl halides is 6. The molecule has 3 aromatic carbocycles. The minimum absolute atomic E-state index is 0.295. The van der Waals surface area contributed by atoms with E-state index in [2.05, 4.69) is 0 Å². The van der Waals surface area contributed by atoms with E-state index in [0.29, 0.717) is 32.7 Å². The molecule has 2 heterocycles. The highest BCUT2D eigenvalue weighted by Gasteiger charge is 2.32. The summed E-state index contributed by atoms with van der Waals surface area (Å²) in [5.74, 6) is 0. The Balaban J connectivity index is 2.05. The molecule has 0 spiro atoms. The first kappa shape index (κ1) is 17.8. The summed E-state index contributed by atoms with van der Waals surface area (Å²) in [6.07, 6.45) is -9.05. The molecule has 29 heavy (non-hydrogen) atoms. The van der Waals surface area contributed by atoms with Crippen molar-refractivity contribution >= 4 is 38.1 Å². The largest absolute Gasteiger partial charge is 0.416 e. The average molecular weight is 403 g/mol. The lowest BCUT2D eigenvalue weighted by Crippen LogP contribution is -2.06. The molecule has 0 N–H and O–H groups in total. The zero-order valence-electron chi connectivity index (χ0n) is 14.6. The second-order valence-corrected chi connectivity index (χ2v) is 6.91. The summed E-state index contributed by atoms with van der Waals surface area (Å²) < 4.78 is 81.4. The number of aromatic nitrogens is 1. The molecule has 0 unspecified atom stereocenters. The number of para-hydroxylation sites is 1. The van der Waals surface area contributed by atoms with Gasteiger partial charge in [0, 0.05) is 16.2 Å². The lowest BCUT2D eigenvalue weighted by atomic mass is 10.0. The number of halogens is 6. The molecule has 0 radical (unpaired) electrons. The van der Waals surface area contributed by atoms with Gasteiger partial charge in [-0.2, -0.15) is 26.3 Å². The molecule has 0 aliphatic carbocycles. The molecule has 5 aromatic rings. The third kappa shape index (κ3) is 2.64. The zero-order chi connectivity index (χ0) is 20.6. The molecular weight excluding hydrogens is 392 g/mol. The van der Waals surface area contributed by atoms with Crippen LogP contribution in [0, 0.1) is 0 Å². The summed E-state index contributed by atoms with van der Waals surface area (Å²) >= 11 is 0. The van der Waals surface area contributed by atoms with Crippen molar-refractivity contribution in [2.24, 2.45) is 0 Å². The second kappa shape index (κ2) is 5.65. The Morgan fingerprint density at radius 3 is 1.79 bits per heavy atom. The summed E-state index contributed by atoms with van der Waals surface area (Å²) in [5.41, 5.74) is -0.257. The van der Waals surface area contributed by atoms with Crippen LogP contribution in [0.3, 0.4) is 0 Å². The first-order valence-electron chi connectivity index (χ1n) is 8.69. The van der Waals surface area contributed by atoms with E-state index in [4.69, 9.17) is 0 Å². The van der Waals surface area contributed by atoms with Gasteiger partial charge in [0.05, 0.1) is 27.7 Å². The van der Waals surface area contributed by atoms with Crippen LogP contribution in [0.1, 0.15) is 11.1 Å². The van der Waals surface area contributed by atoms with Crippen LogP contribution in [0.15, 0.2) is 66.7 Å². The normalized spacial score (nSPS) is 13.2. The topological polar surface area (TPSA) is 4.41 Å². The van der Waals surface area contributed by atoms with E-state index >= 15 is 0 Å². The Hall–Kier alpha value is -3.22. The Labute approximate surface area is 159 Å². The fourth-order valence-corrected chi connectivity index (χ4v) is 3.90. The third-order valence-electron chi connectivity index (χ3n) is 5.19. The van der Waals surface area contributed by atoms with Crippen LogP contribution < -0.4 is 0 Å². The highest BCUT2D eigenvalue weighted by Crippen LogP contribution is 2.39. The standard InChI is InChI=1S/C22H11F6N/c23-21(24,25)13-5-7-15-16-8-6-14(22(26,27)28)11-20(16)29-18-4-2-1-3-12(18)9-19(29)17(15)10-13/h1-11H. The number of pyridine rings is 1. The van der Waals surface area contributed by atoms with Gasteiger partial charge >= 0.3 is 12.4 Å². The lowest BCUT2D eigenvalue weighted by Gasteiger charge is -2.14. The number of fused-ring (bicyclic) bond motifs is 8. The molecule has 0 saturated heterocycles. The second-order valence-electron chi connectivity index (χ2n) is 6.91. The van der Waals surface area contributed by atoms with E-state index in [0.717, 1.165) is 29.7 Å². The molecule has 0 saturated carbocycles. The van der Waals surface area contributed by atoms with Crippen LogP contribution in [0.25, 0.3) is 38.1 Å². The lowest BCUT2D eigenvalue weighted by molar-refractivity contribution is -0.138. The summed E-state index contributed by atoms with van der Waals surface area (Å²) in [7, 11) is 0. The van der Waals surface area contributed by atoms with Gasteiger partial charge in [0.15, 0.2) is 0 Å².